The van der Waals surface area contributed by atoms with Gasteiger partial charge in [0.05, 0.1) is 11.4 Å². The molecule has 0 aliphatic heterocycles. The smallest absolute Gasteiger partial charge is 0.224 e. The molecule has 0 fully saturated rings. The number of anilines is 2. The summed E-state index contributed by atoms with van der Waals surface area (Å²) in [5.41, 5.74) is 2.53. The highest BCUT2D eigenvalue weighted by Crippen LogP contribution is 2.30. The van der Waals surface area contributed by atoms with Crippen molar-refractivity contribution < 1.29 is 9.59 Å². The lowest BCUT2D eigenvalue weighted by molar-refractivity contribution is -0.117. The minimum atomic E-state index is -0.0349. The second-order valence-electron chi connectivity index (χ2n) is 11.5. The molecule has 0 radical (unpaired) electrons. The Labute approximate surface area is 255 Å². The van der Waals surface area contributed by atoms with E-state index in [2.05, 4.69) is 34.7 Å². The number of hydrogen-bond donors (Lipinski definition) is 2. The van der Waals surface area contributed by atoms with Gasteiger partial charge in [-0.1, -0.05) is 135 Å². The van der Waals surface area contributed by atoms with Crippen molar-refractivity contribution in [2.24, 2.45) is 10.2 Å². The van der Waals surface area contributed by atoms with Crippen molar-refractivity contribution in [1.82, 2.24) is 0 Å². The lowest BCUT2D eigenvalue weighted by atomic mass is 10.1. The van der Waals surface area contributed by atoms with Gasteiger partial charge in [0.15, 0.2) is 0 Å². The van der Waals surface area contributed by atoms with Crippen LogP contribution in [0.1, 0.15) is 142 Å². The SMILES string of the molecule is CCCCCCCCCCCC(=O)Nc1ccc(N=Nc2ccccc2)c(NC(=O)CCCCCCCCCCC)c1. The fourth-order valence-electron chi connectivity index (χ4n) is 5.04. The zero-order valence-electron chi connectivity index (χ0n) is 26.5. The summed E-state index contributed by atoms with van der Waals surface area (Å²) in [7, 11) is 0. The monoisotopic (exact) mass is 576 g/mol. The van der Waals surface area contributed by atoms with Crippen LogP contribution in [0, 0.1) is 0 Å². The van der Waals surface area contributed by atoms with Crippen molar-refractivity contribution in [2.45, 2.75) is 142 Å². The topological polar surface area (TPSA) is 82.9 Å². The van der Waals surface area contributed by atoms with E-state index < -0.39 is 0 Å². The van der Waals surface area contributed by atoms with Gasteiger partial charge in [-0.15, -0.1) is 5.11 Å². The predicted molar refractivity (Wildman–Crippen MR) is 178 cm³/mol. The maximum Gasteiger partial charge on any atom is 0.224 e. The van der Waals surface area contributed by atoms with Gasteiger partial charge in [0.25, 0.3) is 0 Å². The van der Waals surface area contributed by atoms with E-state index in [-0.39, 0.29) is 11.8 Å². The molecule has 0 heterocycles. The largest absolute Gasteiger partial charge is 0.326 e. The fraction of sp³-hybridized carbons (Fsp3) is 0.611. The summed E-state index contributed by atoms with van der Waals surface area (Å²) in [5, 5.41) is 14.8. The number of unbranched alkanes of at least 4 members (excludes halogenated alkanes) is 16. The summed E-state index contributed by atoms with van der Waals surface area (Å²) in [6.07, 6.45) is 22.9. The summed E-state index contributed by atoms with van der Waals surface area (Å²) in [5.74, 6) is -0.0316. The molecule has 6 nitrogen and oxygen atoms in total. The number of hydrogen-bond acceptors (Lipinski definition) is 4. The second-order valence-corrected chi connectivity index (χ2v) is 11.5. The Kier molecular flexibility index (Phi) is 19.7. The number of carbonyl (C=O) groups is 2. The number of nitrogens with zero attached hydrogens (tertiary/aromatic N) is 2. The predicted octanol–water partition coefficient (Wildman–Crippen LogP) is 11.8. The lowest BCUT2D eigenvalue weighted by Gasteiger charge is -2.11. The Morgan fingerprint density at radius 3 is 1.55 bits per heavy atom. The van der Waals surface area contributed by atoms with Crippen LogP contribution in [-0.2, 0) is 9.59 Å². The van der Waals surface area contributed by atoms with Crippen molar-refractivity contribution in [3.8, 4) is 0 Å². The van der Waals surface area contributed by atoms with Gasteiger partial charge in [0.1, 0.15) is 5.69 Å². The molecule has 0 saturated heterocycles. The molecule has 0 spiro atoms. The maximum absolute atomic E-state index is 12.8. The van der Waals surface area contributed by atoms with Crippen LogP contribution in [0.2, 0.25) is 0 Å². The highest BCUT2D eigenvalue weighted by Gasteiger charge is 2.10. The molecule has 0 aromatic heterocycles. The van der Waals surface area contributed by atoms with E-state index in [4.69, 9.17) is 0 Å². The first-order chi connectivity index (χ1) is 20.6. The summed E-state index contributed by atoms with van der Waals surface area (Å²) < 4.78 is 0. The molecule has 0 aliphatic carbocycles. The minimum absolute atomic E-state index is 0.00331. The van der Waals surface area contributed by atoms with Gasteiger partial charge in [0.2, 0.25) is 11.8 Å². The molecule has 0 unspecified atom stereocenters. The van der Waals surface area contributed by atoms with Gasteiger partial charge in [-0.05, 0) is 43.2 Å². The summed E-state index contributed by atoms with van der Waals surface area (Å²) in [6.45, 7) is 4.48. The van der Waals surface area contributed by atoms with E-state index in [9.17, 15) is 9.59 Å². The van der Waals surface area contributed by atoms with Crippen LogP contribution in [0.5, 0.6) is 0 Å². The van der Waals surface area contributed by atoms with Crippen molar-refractivity contribution >= 4 is 34.6 Å². The Hall–Kier alpha value is -3.02. The molecule has 232 valence electrons. The number of nitrogens with one attached hydrogen (secondary N) is 2. The minimum Gasteiger partial charge on any atom is -0.326 e. The molecule has 42 heavy (non-hydrogen) atoms. The van der Waals surface area contributed by atoms with Gasteiger partial charge >= 0.3 is 0 Å². The van der Waals surface area contributed by atoms with E-state index in [1.54, 1.807) is 12.1 Å². The Bertz CT molecular complexity index is 1020. The number of amides is 2. The quantitative estimate of drug-likeness (QED) is 0.0962. The van der Waals surface area contributed by atoms with E-state index in [0.717, 1.165) is 31.4 Å². The van der Waals surface area contributed by atoms with Gasteiger partial charge in [-0.2, -0.15) is 5.11 Å². The van der Waals surface area contributed by atoms with E-state index in [1.165, 1.54) is 89.9 Å². The normalized spacial score (nSPS) is 11.2. The van der Waals surface area contributed by atoms with Crippen molar-refractivity contribution in [2.75, 3.05) is 10.6 Å². The van der Waals surface area contributed by atoms with Crippen molar-refractivity contribution in [3.63, 3.8) is 0 Å². The third-order valence-corrected chi connectivity index (χ3v) is 7.60. The van der Waals surface area contributed by atoms with Gasteiger partial charge in [-0.3, -0.25) is 9.59 Å². The van der Waals surface area contributed by atoms with Crippen LogP contribution in [0.15, 0.2) is 58.8 Å². The molecule has 2 aromatic rings. The average Bonchev–Trinajstić information content (AvgIpc) is 2.99. The molecule has 0 saturated carbocycles. The van der Waals surface area contributed by atoms with Crippen molar-refractivity contribution in [3.05, 3.63) is 48.5 Å². The molecular weight excluding hydrogens is 520 g/mol. The first-order valence-corrected chi connectivity index (χ1v) is 16.8. The molecule has 0 bridgehead atoms. The highest BCUT2D eigenvalue weighted by atomic mass is 16.2. The number of carbonyl (C=O) groups excluding carboxylic acids is 2. The molecule has 6 heteroatoms. The Morgan fingerprint density at radius 1 is 0.548 bits per heavy atom. The first kappa shape index (κ1) is 35.2. The molecule has 2 rings (SSSR count). The Morgan fingerprint density at radius 2 is 1.02 bits per heavy atom. The zero-order valence-corrected chi connectivity index (χ0v) is 26.5. The van der Waals surface area contributed by atoms with Crippen LogP contribution in [0.4, 0.5) is 22.7 Å². The fourth-order valence-corrected chi connectivity index (χ4v) is 5.04. The van der Waals surface area contributed by atoms with E-state index in [1.807, 2.05) is 36.4 Å². The second kappa shape index (κ2) is 23.5. The van der Waals surface area contributed by atoms with E-state index in [0.29, 0.717) is 29.9 Å². The molecule has 0 aliphatic rings. The highest BCUT2D eigenvalue weighted by molar-refractivity contribution is 5.96. The molecule has 2 amide bonds. The molecule has 0 atom stereocenters. The van der Waals surface area contributed by atoms with Gasteiger partial charge in [0, 0.05) is 18.5 Å². The standard InChI is InChI=1S/C36H56N4O2/c1-3-5-7-9-11-13-15-17-22-26-35(41)37-32-28-29-33(40-39-31-24-20-19-21-25-31)34(30-32)38-36(42)27-23-18-16-14-12-10-8-6-4-2/h19-21,24-25,28-30H,3-18,22-23,26-27H2,1-2H3,(H,37,41)(H,38,42). The molecule has 2 aromatic carbocycles. The van der Waals surface area contributed by atoms with Crippen molar-refractivity contribution in [1.29, 1.82) is 0 Å². The van der Waals surface area contributed by atoms with Crippen LogP contribution >= 0.6 is 0 Å². The van der Waals surface area contributed by atoms with Crippen LogP contribution in [0.25, 0.3) is 0 Å². The summed E-state index contributed by atoms with van der Waals surface area (Å²) >= 11 is 0. The Balaban J connectivity index is 1.84. The maximum atomic E-state index is 12.8. The van der Waals surface area contributed by atoms with Crippen LogP contribution in [-0.4, -0.2) is 11.8 Å². The summed E-state index contributed by atoms with van der Waals surface area (Å²) in [4.78, 5) is 25.4. The van der Waals surface area contributed by atoms with Crippen LogP contribution < -0.4 is 10.6 Å². The number of azo groups is 1. The molecule has 2 N–H and O–H groups in total. The third-order valence-electron chi connectivity index (χ3n) is 7.60. The zero-order chi connectivity index (χ0) is 30.1. The molecular formula is C36H56N4O2. The number of rotatable bonds is 24. The third kappa shape index (κ3) is 17.1. The lowest BCUT2D eigenvalue weighted by Crippen LogP contribution is -2.13. The van der Waals surface area contributed by atoms with Crippen LogP contribution in [0.3, 0.4) is 0 Å². The average molecular weight is 577 g/mol. The first-order valence-electron chi connectivity index (χ1n) is 16.8. The summed E-state index contributed by atoms with van der Waals surface area (Å²) in [6, 6.07) is 14.9. The van der Waals surface area contributed by atoms with E-state index >= 15 is 0 Å². The van der Waals surface area contributed by atoms with Gasteiger partial charge < -0.3 is 10.6 Å². The number of benzene rings is 2. The van der Waals surface area contributed by atoms with Gasteiger partial charge in [-0.25, -0.2) is 0 Å².